The Labute approximate surface area is 116 Å². The monoisotopic (exact) mass is 272 g/mol. The predicted molar refractivity (Wildman–Crippen MR) is 76.0 cm³/mol. The highest BCUT2D eigenvalue weighted by atomic mass is 16.5. The fourth-order valence-corrected chi connectivity index (χ4v) is 2.39. The number of hydrogen-bond donors (Lipinski definition) is 1. The number of ether oxygens (including phenoxy) is 1. The molecular weight excluding hydrogens is 256 g/mol. The third-order valence-corrected chi connectivity index (χ3v) is 3.57. The second-order valence-corrected chi connectivity index (χ2v) is 4.95. The van der Waals surface area contributed by atoms with Crippen LogP contribution in [0, 0.1) is 0 Å². The van der Waals surface area contributed by atoms with E-state index in [9.17, 15) is 9.90 Å². The maximum Gasteiger partial charge on any atom is 0.196 e. The molecule has 4 heteroatoms. The lowest BCUT2D eigenvalue weighted by molar-refractivity contribution is 0.119. The highest BCUT2D eigenvalue weighted by Crippen LogP contribution is 2.19. The van der Waals surface area contributed by atoms with Crippen molar-refractivity contribution < 1.29 is 14.3 Å². The molecule has 0 radical (unpaired) electrons. The van der Waals surface area contributed by atoms with Gasteiger partial charge >= 0.3 is 0 Å². The van der Waals surface area contributed by atoms with Gasteiger partial charge in [-0.15, -0.1) is 0 Å². The minimum absolute atomic E-state index is 0.0738. The normalized spacial score (nSPS) is 15.5. The van der Waals surface area contributed by atoms with E-state index in [-0.39, 0.29) is 11.2 Å². The molecule has 0 bridgehead atoms. The van der Waals surface area contributed by atoms with Crippen LogP contribution in [0.4, 0.5) is 0 Å². The summed E-state index contributed by atoms with van der Waals surface area (Å²) in [6.45, 7) is 1.51. The summed E-state index contributed by atoms with van der Waals surface area (Å²) in [5.74, 6) is 0.0738. The molecule has 2 aromatic rings. The lowest BCUT2D eigenvalue weighted by Gasteiger charge is -2.14. The highest BCUT2D eigenvalue weighted by molar-refractivity contribution is 5.78. The van der Waals surface area contributed by atoms with E-state index in [0.29, 0.717) is 23.0 Å². The molecule has 0 atom stereocenters. The summed E-state index contributed by atoms with van der Waals surface area (Å²) in [4.78, 5) is 12.3. The number of rotatable bonds is 2. The Kier molecular flexibility index (Phi) is 3.56. The molecule has 4 nitrogen and oxygen atoms in total. The lowest BCUT2D eigenvalue weighted by Crippen LogP contribution is -2.10. The molecule has 1 aliphatic rings. The summed E-state index contributed by atoms with van der Waals surface area (Å²) < 4.78 is 10.8. The van der Waals surface area contributed by atoms with Crippen molar-refractivity contribution in [2.75, 3.05) is 13.2 Å². The molecule has 1 N–H and O–H groups in total. The number of aromatic hydroxyl groups is 1. The van der Waals surface area contributed by atoms with Crippen LogP contribution in [0.25, 0.3) is 11.0 Å². The molecule has 20 heavy (non-hydrogen) atoms. The Morgan fingerprint density at radius 2 is 2.05 bits per heavy atom. The van der Waals surface area contributed by atoms with E-state index in [1.807, 2.05) is 0 Å². The first-order chi connectivity index (χ1) is 9.74. The van der Waals surface area contributed by atoms with Gasteiger partial charge in [-0.05, 0) is 37.5 Å². The van der Waals surface area contributed by atoms with Gasteiger partial charge < -0.3 is 14.3 Å². The van der Waals surface area contributed by atoms with Crippen molar-refractivity contribution in [1.29, 1.82) is 0 Å². The van der Waals surface area contributed by atoms with Crippen LogP contribution in [0.3, 0.4) is 0 Å². The van der Waals surface area contributed by atoms with Crippen molar-refractivity contribution in [3.8, 4) is 5.75 Å². The molecule has 104 valence electrons. The first kappa shape index (κ1) is 12.9. The van der Waals surface area contributed by atoms with E-state index < -0.39 is 0 Å². The summed E-state index contributed by atoms with van der Waals surface area (Å²) in [6.07, 6.45) is 6.02. The van der Waals surface area contributed by atoms with Crippen molar-refractivity contribution in [3.05, 3.63) is 51.9 Å². The Morgan fingerprint density at radius 3 is 2.85 bits per heavy atom. The van der Waals surface area contributed by atoms with Crippen LogP contribution in [0.5, 0.6) is 5.75 Å². The minimum Gasteiger partial charge on any atom is -0.508 e. The molecule has 0 amide bonds. The molecule has 1 saturated heterocycles. The van der Waals surface area contributed by atoms with E-state index in [2.05, 4.69) is 6.08 Å². The Hall–Kier alpha value is -2.07. The van der Waals surface area contributed by atoms with Gasteiger partial charge in [0.05, 0.1) is 24.9 Å². The lowest BCUT2D eigenvalue weighted by atomic mass is 10.0. The second kappa shape index (κ2) is 5.51. The van der Waals surface area contributed by atoms with Crippen molar-refractivity contribution in [2.45, 2.75) is 19.3 Å². The van der Waals surface area contributed by atoms with Crippen LogP contribution in [0.15, 0.2) is 45.3 Å². The number of allylic oxidation sites excluding steroid dienone is 1. The van der Waals surface area contributed by atoms with E-state index >= 15 is 0 Å². The quantitative estimate of drug-likeness (QED) is 0.854. The van der Waals surface area contributed by atoms with Crippen LogP contribution >= 0.6 is 0 Å². The van der Waals surface area contributed by atoms with E-state index in [4.69, 9.17) is 9.15 Å². The number of hydrogen-bond acceptors (Lipinski definition) is 4. The Bertz CT molecular complexity index is 704. The molecule has 0 aliphatic carbocycles. The van der Waals surface area contributed by atoms with Crippen molar-refractivity contribution in [2.24, 2.45) is 0 Å². The van der Waals surface area contributed by atoms with Crippen LogP contribution in [0.1, 0.15) is 18.4 Å². The molecule has 3 rings (SSSR count). The zero-order valence-corrected chi connectivity index (χ0v) is 11.1. The fraction of sp³-hybridized carbons (Fsp3) is 0.312. The average Bonchev–Trinajstić information content (AvgIpc) is 2.48. The van der Waals surface area contributed by atoms with Gasteiger partial charge in [0, 0.05) is 5.56 Å². The number of phenols is 1. The molecule has 1 aromatic heterocycles. The van der Waals surface area contributed by atoms with Gasteiger partial charge in [0.2, 0.25) is 0 Å². The largest absolute Gasteiger partial charge is 0.508 e. The molecule has 2 heterocycles. The van der Waals surface area contributed by atoms with E-state index in [1.54, 1.807) is 6.07 Å². The van der Waals surface area contributed by atoms with Crippen molar-refractivity contribution in [1.82, 2.24) is 0 Å². The first-order valence-electron chi connectivity index (χ1n) is 6.73. The van der Waals surface area contributed by atoms with Crippen molar-refractivity contribution >= 4 is 11.0 Å². The molecule has 0 unspecified atom stereocenters. The average molecular weight is 272 g/mol. The number of fused-ring (bicyclic) bond motifs is 1. The van der Waals surface area contributed by atoms with Gasteiger partial charge in [-0.1, -0.05) is 11.6 Å². The van der Waals surface area contributed by atoms with E-state index in [0.717, 1.165) is 26.1 Å². The maximum absolute atomic E-state index is 12.3. The van der Waals surface area contributed by atoms with Crippen LogP contribution < -0.4 is 5.43 Å². The van der Waals surface area contributed by atoms with Gasteiger partial charge in [-0.2, -0.15) is 0 Å². The van der Waals surface area contributed by atoms with Gasteiger partial charge in [0.15, 0.2) is 5.43 Å². The topological polar surface area (TPSA) is 59.7 Å². The van der Waals surface area contributed by atoms with Crippen LogP contribution in [-0.2, 0) is 11.2 Å². The molecule has 0 spiro atoms. The molecule has 1 fully saturated rings. The fourth-order valence-electron chi connectivity index (χ4n) is 2.39. The van der Waals surface area contributed by atoms with Crippen molar-refractivity contribution in [3.63, 3.8) is 0 Å². The summed E-state index contributed by atoms with van der Waals surface area (Å²) in [7, 11) is 0. The summed E-state index contributed by atoms with van der Waals surface area (Å²) in [5, 5.41) is 9.90. The summed E-state index contributed by atoms with van der Waals surface area (Å²) in [5.41, 5.74) is 2.36. The van der Waals surface area contributed by atoms with E-state index in [1.165, 1.54) is 24.0 Å². The standard InChI is InChI=1S/C16H16O4/c17-13-3-4-15-14(9-13)16(18)12(10-20-15)2-1-11-5-7-19-8-6-11/h1,3-4,9-10,17H,2,5-8H2. The maximum atomic E-state index is 12.3. The molecule has 0 saturated carbocycles. The van der Waals surface area contributed by atoms with Crippen LogP contribution in [0.2, 0.25) is 0 Å². The number of benzene rings is 1. The zero-order chi connectivity index (χ0) is 13.9. The Morgan fingerprint density at radius 1 is 1.25 bits per heavy atom. The zero-order valence-electron chi connectivity index (χ0n) is 11.1. The highest BCUT2D eigenvalue weighted by Gasteiger charge is 2.09. The first-order valence-corrected chi connectivity index (χ1v) is 6.73. The van der Waals surface area contributed by atoms with Crippen LogP contribution in [-0.4, -0.2) is 18.3 Å². The summed E-state index contributed by atoms with van der Waals surface area (Å²) >= 11 is 0. The molecule has 1 aliphatic heterocycles. The van der Waals surface area contributed by atoms with Gasteiger partial charge in [-0.25, -0.2) is 0 Å². The smallest absolute Gasteiger partial charge is 0.196 e. The van der Waals surface area contributed by atoms with Gasteiger partial charge in [0.25, 0.3) is 0 Å². The molecule has 1 aromatic carbocycles. The molecular formula is C16H16O4. The SMILES string of the molecule is O=c1c(CC=C2CCOCC2)coc2ccc(O)cc12. The number of phenolic OH excluding ortho intramolecular Hbond substituents is 1. The second-order valence-electron chi connectivity index (χ2n) is 4.95. The minimum atomic E-state index is -0.0777. The summed E-state index contributed by atoms with van der Waals surface area (Å²) in [6, 6.07) is 4.56. The Balaban J connectivity index is 1.92. The third kappa shape index (κ3) is 2.60. The van der Waals surface area contributed by atoms with Gasteiger partial charge in [0.1, 0.15) is 11.3 Å². The third-order valence-electron chi connectivity index (χ3n) is 3.57. The predicted octanol–water partition coefficient (Wildman–Crippen LogP) is 2.78. The van der Waals surface area contributed by atoms with Gasteiger partial charge in [-0.3, -0.25) is 4.79 Å².